The lowest BCUT2D eigenvalue weighted by atomic mass is 9.92. The van der Waals surface area contributed by atoms with Gasteiger partial charge in [0.15, 0.2) is 0 Å². The number of hydrogen-bond acceptors (Lipinski definition) is 3. The van der Waals surface area contributed by atoms with Gasteiger partial charge in [-0.2, -0.15) is 0 Å². The van der Waals surface area contributed by atoms with Crippen molar-refractivity contribution in [3.63, 3.8) is 0 Å². The molecule has 3 heteroatoms. The molecule has 18 heavy (non-hydrogen) atoms. The molecule has 2 rings (SSSR count). The van der Waals surface area contributed by atoms with Crippen molar-refractivity contribution >= 4 is 0 Å². The van der Waals surface area contributed by atoms with Crippen molar-refractivity contribution in [3.8, 4) is 0 Å². The summed E-state index contributed by atoms with van der Waals surface area (Å²) in [6, 6.07) is 0. The van der Waals surface area contributed by atoms with Gasteiger partial charge in [0.1, 0.15) is 0 Å². The van der Waals surface area contributed by atoms with Crippen molar-refractivity contribution < 1.29 is 5.11 Å². The van der Waals surface area contributed by atoms with Gasteiger partial charge >= 0.3 is 0 Å². The summed E-state index contributed by atoms with van der Waals surface area (Å²) >= 11 is 0. The van der Waals surface area contributed by atoms with E-state index in [1.54, 1.807) is 0 Å². The first-order valence-electron chi connectivity index (χ1n) is 7.74. The number of aliphatic hydroxyl groups excluding tert-OH is 1. The van der Waals surface area contributed by atoms with Crippen LogP contribution in [0.1, 0.15) is 45.4 Å². The highest BCUT2D eigenvalue weighted by molar-refractivity contribution is 5.02. The largest absolute Gasteiger partial charge is 0.394 e. The van der Waals surface area contributed by atoms with E-state index in [-0.39, 0.29) is 12.1 Å². The molecule has 0 aromatic heterocycles. The van der Waals surface area contributed by atoms with E-state index in [0.29, 0.717) is 5.92 Å². The van der Waals surface area contributed by atoms with Gasteiger partial charge in [0.25, 0.3) is 0 Å². The van der Waals surface area contributed by atoms with E-state index in [1.807, 2.05) is 0 Å². The molecule has 0 saturated heterocycles. The minimum absolute atomic E-state index is 0.0396. The lowest BCUT2D eigenvalue weighted by Crippen LogP contribution is -2.57. The van der Waals surface area contributed by atoms with Gasteiger partial charge in [0.05, 0.1) is 12.1 Å². The van der Waals surface area contributed by atoms with Gasteiger partial charge in [0.2, 0.25) is 0 Å². The molecule has 3 nitrogen and oxygen atoms in total. The molecule has 2 aliphatic rings. The van der Waals surface area contributed by atoms with E-state index in [2.05, 4.69) is 24.2 Å². The number of likely N-dealkylation sites (N-methyl/N-ethyl adjacent to an activating group) is 2. The third kappa shape index (κ3) is 3.46. The van der Waals surface area contributed by atoms with Gasteiger partial charge in [-0.1, -0.05) is 19.8 Å². The van der Waals surface area contributed by atoms with Crippen molar-refractivity contribution in [3.05, 3.63) is 0 Å². The Morgan fingerprint density at radius 2 is 1.89 bits per heavy atom. The third-order valence-corrected chi connectivity index (χ3v) is 4.77. The lowest BCUT2D eigenvalue weighted by molar-refractivity contribution is 0.0962. The molecule has 0 aromatic carbocycles. The molecule has 2 saturated carbocycles. The standard InChI is InChI=1S/C15H30N2O/c1-3-16-15(12-18,14-8-9-14)11-17(2)10-13-6-4-5-7-13/h13-14,16,18H,3-12H2,1-2H3. The molecule has 1 unspecified atom stereocenters. The first-order chi connectivity index (χ1) is 8.70. The molecule has 0 bridgehead atoms. The Balaban J connectivity index is 1.86. The molecule has 0 radical (unpaired) electrons. The highest BCUT2D eigenvalue weighted by atomic mass is 16.3. The first-order valence-corrected chi connectivity index (χ1v) is 7.74. The summed E-state index contributed by atoms with van der Waals surface area (Å²) in [5.74, 6) is 1.58. The van der Waals surface area contributed by atoms with Crippen LogP contribution >= 0.6 is 0 Å². The number of nitrogens with one attached hydrogen (secondary N) is 1. The predicted octanol–water partition coefficient (Wildman–Crippen LogP) is 1.86. The lowest BCUT2D eigenvalue weighted by Gasteiger charge is -2.37. The summed E-state index contributed by atoms with van der Waals surface area (Å²) in [6.45, 7) is 5.58. The van der Waals surface area contributed by atoms with Gasteiger partial charge in [0, 0.05) is 13.1 Å². The summed E-state index contributed by atoms with van der Waals surface area (Å²) in [5, 5.41) is 13.4. The molecule has 2 N–H and O–H groups in total. The molecule has 0 spiro atoms. The smallest absolute Gasteiger partial charge is 0.0628 e. The zero-order chi connectivity index (χ0) is 13.0. The monoisotopic (exact) mass is 254 g/mol. The summed E-state index contributed by atoms with van der Waals surface area (Å²) in [5.41, 5.74) is -0.0396. The van der Waals surface area contributed by atoms with Crippen molar-refractivity contribution in [2.75, 3.05) is 33.3 Å². The van der Waals surface area contributed by atoms with Crippen LogP contribution in [0.25, 0.3) is 0 Å². The number of aliphatic hydroxyl groups is 1. The van der Waals surface area contributed by atoms with E-state index in [1.165, 1.54) is 45.1 Å². The van der Waals surface area contributed by atoms with Gasteiger partial charge in [-0.3, -0.25) is 0 Å². The normalized spacial score (nSPS) is 24.7. The molecular weight excluding hydrogens is 224 g/mol. The van der Waals surface area contributed by atoms with Crippen LogP contribution in [0.5, 0.6) is 0 Å². The van der Waals surface area contributed by atoms with Gasteiger partial charge in [-0.15, -0.1) is 0 Å². The van der Waals surface area contributed by atoms with Crippen molar-refractivity contribution in [2.24, 2.45) is 11.8 Å². The third-order valence-electron chi connectivity index (χ3n) is 4.77. The average Bonchev–Trinajstić information content (AvgIpc) is 3.09. The highest BCUT2D eigenvalue weighted by Crippen LogP contribution is 2.40. The molecular formula is C15H30N2O. The quantitative estimate of drug-likeness (QED) is 0.694. The zero-order valence-corrected chi connectivity index (χ0v) is 12.1. The number of rotatable bonds is 8. The molecule has 1 atom stereocenters. The van der Waals surface area contributed by atoms with E-state index in [4.69, 9.17) is 0 Å². The van der Waals surface area contributed by atoms with Crippen LogP contribution in [0, 0.1) is 11.8 Å². The van der Waals surface area contributed by atoms with Crippen LogP contribution in [0.3, 0.4) is 0 Å². The Hall–Kier alpha value is -0.120. The Morgan fingerprint density at radius 1 is 1.22 bits per heavy atom. The van der Waals surface area contributed by atoms with Gasteiger partial charge in [-0.05, 0) is 51.1 Å². The molecule has 2 fully saturated rings. The second kappa shape index (κ2) is 6.36. The second-order valence-electron chi connectivity index (χ2n) is 6.47. The van der Waals surface area contributed by atoms with E-state index in [9.17, 15) is 5.11 Å². The van der Waals surface area contributed by atoms with Crippen LogP contribution in [-0.4, -0.2) is 48.8 Å². The maximum absolute atomic E-state index is 9.84. The van der Waals surface area contributed by atoms with Crippen molar-refractivity contribution in [2.45, 2.75) is 51.0 Å². The Labute approximate surface area is 112 Å². The van der Waals surface area contributed by atoms with Crippen LogP contribution in [-0.2, 0) is 0 Å². The molecule has 0 amide bonds. The van der Waals surface area contributed by atoms with Crippen LogP contribution in [0.2, 0.25) is 0 Å². The Kier molecular flexibility index (Phi) is 5.05. The maximum atomic E-state index is 9.84. The molecule has 0 heterocycles. The van der Waals surface area contributed by atoms with E-state index >= 15 is 0 Å². The molecule has 2 aliphatic carbocycles. The fourth-order valence-corrected chi connectivity index (χ4v) is 3.73. The summed E-state index contributed by atoms with van der Waals surface area (Å²) < 4.78 is 0. The van der Waals surface area contributed by atoms with Crippen LogP contribution in [0.15, 0.2) is 0 Å². The van der Waals surface area contributed by atoms with Crippen molar-refractivity contribution in [1.82, 2.24) is 10.2 Å². The molecule has 0 aliphatic heterocycles. The van der Waals surface area contributed by atoms with Gasteiger partial charge < -0.3 is 15.3 Å². The SMILES string of the molecule is CCNC(CO)(CN(C)CC1CCCC1)C1CC1. The van der Waals surface area contributed by atoms with Gasteiger partial charge in [-0.25, -0.2) is 0 Å². The predicted molar refractivity (Wildman–Crippen MR) is 75.7 cm³/mol. The summed E-state index contributed by atoms with van der Waals surface area (Å²) in [4.78, 5) is 2.45. The maximum Gasteiger partial charge on any atom is 0.0628 e. The molecule has 0 aromatic rings. The van der Waals surface area contributed by atoms with Crippen LogP contribution in [0.4, 0.5) is 0 Å². The van der Waals surface area contributed by atoms with E-state index < -0.39 is 0 Å². The van der Waals surface area contributed by atoms with Crippen LogP contribution < -0.4 is 5.32 Å². The van der Waals surface area contributed by atoms with Crippen molar-refractivity contribution in [1.29, 1.82) is 0 Å². The summed E-state index contributed by atoms with van der Waals surface area (Å²) in [6.07, 6.45) is 8.21. The first kappa shape index (κ1) is 14.3. The zero-order valence-electron chi connectivity index (χ0n) is 12.1. The van der Waals surface area contributed by atoms with E-state index in [0.717, 1.165) is 19.0 Å². The Morgan fingerprint density at radius 3 is 2.39 bits per heavy atom. The minimum atomic E-state index is -0.0396. The number of hydrogen-bond donors (Lipinski definition) is 2. The second-order valence-corrected chi connectivity index (χ2v) is 6.47. The Bertz CT molecular complexity index is 249. The average molecular weight is 254 g/mol. The summed E-state index contributed by atoms with van der Waals surface area (Å²) in [7, 11) is 2.22. The highest BCUT2D eigenvalue weighted by Gasteiger charge is 2.44. The topological polar surface area (TPSA) is 35.5 Å². The minimum Gasteiger partial charge on any atom is -0.394 e. The fraction of sp³-hybridized carbons (Fsp3) is 1.00. The fourth-order valence-electron chi connectivity index (χ4n) is 3.73. The molecule has 106 valence electrons. The number of nitrogens with zero attached hydrogens (tertiary/aromatic N) is 1.